The molecule has 2 rings (SSSR count). The Hall–Kier alpha value is -1.95. The van der Waals surface area contributed by atoms with Crippen LogP contribution in [0.2, 0.25) is 0 Å². The summed E-state index contributed by atoms with van der Waals surface area (Å²) in [6.07, 6.45) is 1.81. The van der Waals surface area contributed by atoms with E-state index >= 15 is 0 Å². The van der Waals surface area contributed by atoms with Crippen LogP contribution in [0.5, 0.6) is 0 Å². The summed E-state index contributed by atoms with van der Waals surface area (Å²) in [7, 11) is 0. The zero-order chi connectivity index (χ0) is 11.5. The molecule has 3 N–H and O–H groups in total. The molecule has 2 aromatic rings. The van der Waals surface area contributed by atoms with E-state index < -0.39 is 5.97 Å². The summed E-state index contributed by atoms with van der Waals surface area (Å²) in [5.74, 6) is -0.570. The van der Waals surface area contributed by atoms with E-state index in [4.69, 9.17) is 10.8 Å². The Morgan fingerprint density at radius 1 is 1.56 bits per heavy atom. The van der Waals surface area contributed by atoms with Gasteiger partial charge in [-0.3, -0.25) is 0 Å². The Kier molecular flexibility index (Phi) is 2.82. The molecule has 0 unspecified atom stereocenters. The van der Waals surface area contributed by atoms with Gasteiger partial charge >= 0.3 is 5.97 Å². The number of nitrogens with two attached hydrogens (primary N) is 1. The lowest BCUT2D eigenvalue weighted by atomic mass is 10.3. The van der Waals surface area contributed by atoms with Gasteiger partial charge in [0.15, 0.2) is 0 Å². The number of anilines is 1. The van der Waals surface area contributed by atoms with Gasteiger partial charge in [0.05, 0.1) is 0 Å². The Morgan fingerprint density at radius 2 is 2.38 bits per heavy atom. The largest absolute Gasteiger partial charge is 0.477 e. The molecule has 0 saturated heterocycles. The minimum atomic E-state index is -1.11. The summed E-state index contributed by atoms with van der Waals surface area (Å²) in [6, 6.07) is 3.91. The summed E-state index contributed by atoms with van der Waals surface area (Å²) in [6.45, 7) is 0. The van der Waals surface area contributed by atoms with Crippen molar-refractivity contribution in [1.82, 2.24) is 9.97 Å². The van der Waals surface area contributed by atoms with Crippen LogP contribution >= 0.6 is 11.3 Å². The van der Waals surface area contributed by atoms with Crippen molar-refractivity contribution in [3.05, 3.63) is 40.0 Å². The molecule has 6 heteroatoms. The van der Waals surface area contributed by atoms with Crippen LogP contribution in [0.25, 0.3) is 0 Å². The molecule has 2 aromatic heterocycles. The van der Waals surface area contributed by atoms with Crippen molar-refractivity contribution in [3.8, 4) is 0 Å². The third-order valence-electron chi connectivity index (χ3n) is 2.01. The van der Waals surface area contributed by atoms with Gasteiger partial charge in [-0.15, -0.1) is 11.3 Å². The fraction of sp³-hybridized carbons (Fsp3) is 0.100. The van der Waals surface area contributed by atoms with E-state index in [0.29, 0.717) is 12.2 Å². The summed E-state index contributed by atoms with van der Waals surface area (Å²) in [5, 5.41) is 10.7. The number of nitrogens with zero attached hydrogens (tertiary/aromatic N) is 2. The fourth-order valence-corrected chi connectivity index (χ4v) is 1.95. The SMILES string of the molecule is Nc1nc(Cc2cccs2)ncc1C(=O)O. The lowest BCUT2D eigenvalue weighted by Crippen LogP contribution is -2.08. The number of thiophene rings is 1. The summed E-state index contributed by atoms with van der Waals surface area (Å²) in [5.41, 5.74) is 5.46. The predicted octanol–water partition coefficient (Wildman–Crippen LogP) is 1.41. The Bertz CT molecular complexity index is 511. The second kappa shape index (κ2) is 4.28. The number of aromatic nitrogens is 2. The van der Waals surface area contributed by atoms with Crippen molar-refractivity contribution in [2.75, 3.05) is 5.73 Å². The van der Waals surface area contributed by atoms with Gasteiger partial charge < -0.3 is 10.8 Å². The number of hydrogen-bond donors (Lipinski definition) is 2. The molecule has 5 nitrogen and oxygen atoms in total. The van der Waals surface area contributed by atoms with Gasteiger partial charge in [-0.25, -0.2) is 14.8 Å². The van der Waals surface area contributed by atoms with Crippen LogP contribution in [0.3, 0.4) is 0 Å². The standard InChI is InChI=1S/C10H9N3O2S/c11-9-7(10(14)15)5-12-8(13-9)4-6-2-1-3-16-6/h1-3,5H,4H2,(H,14,15)(H2,11,12,13). The van der Waals surface area contributed by atoms with Crippen LogP contribution in [0.15, 0.2) is 23.7 Å². The van der Waals surface area contributed by atoms with Crippen LogP contribution in [0.1, 0.15) is 21.1 Å². The van der Waals surface area contributed by atoms with E-state index in [-0.39, 0.29) is 11.4 Å². The monoisotopic (exact) mass is 235 g/mol. The van der Waals surface area contributed by atoms with Crippen molar-refractivity contribution < 1.29 is 9.90 Å². The number of hydrogen-bond acceptors (Lipinski definition) is 5. The summed E-state index contributed by atoms with van der Waals surface area (Å²) < 4.78 is 0. The van der Waals surface area contributed by atoms with E-state index in [0.717, 1.165) is 4.88 Å². The minimum Gasteiger partial charge on any atom is -0.477 e. The highest BCUT2D eigenvalue weighted by molar-refractivity contribution is 7.09. The minimum absolute atomic E-state index is 0.00839. The van der Waals surface area contributed by atoms with Gasteiger partial charge in [0.1, 0.15) is 17.2 Å². The quantitative estimate of drug-likeness (QED) is 0.839. The topological polar surface area (TPSA) is 89.1 Å². The molecule has 0 aliphatic heterocycles. The second-order valence-corrected chi connectivity index (χ2v) is 4.18. The Morgan fingerprint density at radius 3 is 2.94 bits per heavy atom. The first-order chi connectivity index (χ1) is 7.66. The first-order valence-electron chi connectivity index (χ1n) is 4.54. The van der Waals surface area contributed by atoms with Crippen molar-refractivity contribution in [2.45, 2.75) is 6.42 Å². The molecule has 2 heterocycles. The number of carboxylic acids is 1. The number of nitrogen functional groups attached to an aromatic ring is 1. The third-order valence-corrected chi connectivity index (χ3v) is 2.89. The molecule has 0 aromatic carbocycles. The normalized spacial score (nSPS) is 10.2. The van der Waals surface area contributed by atoms with Crippen LogP contribution in [0, 0.1) is 0 Å². The third kappa shape index (κ3) is 2.17. The predicted molar refractivity (Wildman–Crippen MR) is 60.5 cm³/mol. The average molecular weight is 235 g/mol. The van der Waals surface area contributed by atoms with Crippen molar-refractivity contribution in [1.29, 1.82) is 0 Å². The second-order valence-electron chi connectivity index (χ2n) is 3.15. The maximum Gasteiger partial charge on any atom is 0.341 e. The molecule has 0 fully saturated rings. The van der Waals surface area contributed by atoms with Gasteiger partial charge in [-0.1, -0.05) is 6.07 Å². The zero-order valence-corrected chi connectivity index (χ0v) is 9.07. The van der Waals surface area contributed by atoms with E-state index in [1.165, 1.54) is 6.20 Å². The van der Waals surface area contributed by atoms with Crippen LogP contribution < -0.4 is 5.73 Å². The van der Waals surface area contributed by atoms with E-state index in [1.807, 2.05) is 17.5 Å². The van der Waals surface area contributed by atoms with E-state index in [1.54, 1.807) is 11.3 Å². The Labute approximate surface area is 95.6 Å². The smallest absolute Gasteiger partial charge is 0.341 e. The van der Waals surface area contributed by atoms with Crippen molar-refractivity contribution in [2.24, 2.45) is 0 Å². The number of carbonyl (C=O) groups is 1. The lowest BCUT2D eigenvalue weighted by molar-refractivity contribution is 0.0697. The van der Waals surface area contributed by atoms with Gasteiger partial charge in [-0.2, -0.15) is 0 Å². The molecule has 0 spiro atoms. The highest BCUT2D eigenvalue weighted by atomic mass is 32.1. The molecule has 16 heavy (non-hydrogen) atoms. The molecule has 0 aliphatic carbocycles. The number of aromatic carboxylic acids is 1. The summed E-state index contributed by atoms with van der Waals surface area (Å²) in [4.78, 5) is 19.7. The number of rotatable bonds is 3. The Balaban J connectivity index is 2.24. The van der Waals surface area contributed by atoms with Crippen molar-refractivity contribution in [3.63, 3.8) is 0 Å². The van der Waals surface area contributed by atoms with Crippen molar-refractivity contribution >= 4 is 23.1 Å². The molecular formula is C10H9N3O2S. The maximum absolute atomic E-state index is 10.7. The molecule has 0 bridgehead atoms. The van der Waals surface area contributed by atoms with Crippen LogP contribution in [0.4, 0.5) is 5.82 Å². The van der Waals surface area contributed by atoms with Gasteiger partial charge in [-0.05, 0) is 11.4 Å². The molecule has 82 valence electrons. The molecule has 0 saturated carbocycles. The highest BCUT2D eigenvalue weighted by Gasteiger charge is 2.11. The molecule has 0 aliphatic rings. The van der Waals surface area contributed by atoms with Crippen LogP contribution in [-0.2, 0) is 6.42 Å². The molecular weight excluding hydrogens is 226 g/mol. The van der Waals surface area contributed by atoms with E-state index in [2.05, 4.69) is 9.97 Å². The van der Waals surface area contributed by atoms with Gasteiger partial charge in [0, 0.05) is 17.5 Å². The molecule has 0 radical (unpaired) electrons. The first-order valence-corrected chi connectivity index (χ1v) is 5.42. The molecule has 0 atom stereocenters. The molecule has 0 amide bonds. The lowest BCUT2D eigenvalue weighted by Gasteiger charge is -2.02. The first kappa shape index (κ1) is 10.6. The average Bonchev–Trinajstić information content (AvgIpc) is 2.70. The van der Waals surface area contributed by atoms with Gasteiger partial charge in [0.25, 0.3) is 0 Å². The highest BCUT2D eigenvalue weighted by Crippen LogP contribution is 2.14. The van der Waals surface area contributed by atoms with E-state index in [9.17, 15) is 4.79 Å². The summed E-state index contributed by atoms with van der Waals surface area (Å²) >= 11 is 1.60. The van der Waals surface area contributed by atoms with Gasteiger partial charge in [0.2, 0.25) is 0 Å². The van der Waals surface area contributed by atoms with Crippen LogP contribution in [-0.4, -0.2) is 21.0 Å². The number of carboxylic acid groups (broad SMARTS) is 1. The fourth-order valence-electron chi connectivity index (χ4n) is 1.25. The maximum atomic E-state index is 10.7. The zero-order valence-electron chi connectivity index (χ0n) is 8.25.